The highest BCUT2D eigenvalue weighted by atomic mass is 32.1. The van der Waals surface area contributed by atoms with E-state index in [-0.39, 0.29) is 11.8 Å². The molecule has 0 bridgehead atoms. The molecule has 0 radical (unpaired) electrons. The molecule has 1 atom stereocenters. The standard InChI is InChI=1S/C19H24N2O3S/c1-12-18(25-13(2)20-12)10-19(22)21-8-7-14(11-21)16-9-15(23-3)5-6-17(16)24-4/h5-6,9,14H,7-8,10-11H2,1-4H3/t14-/m0/s1. The van der Waals surface area contributed by atoms with Crippen LogP contribution in [0.4, 0.5) is 0 Å². The lowest BCUT2D eigenvalue weighted by atomic mass is 9.97. The molecule has 25 heavy (non-hydrogen) atoms. The molecule has 0 N–H and O–H groups in total. The maximum absolute atomic E-state index is 12.7. The zero-order valence-electron chi connectivity index (χ0n) is 15.2. The van der Waals surface area contributed by atoms with Crippen molar-refractivity contribution < 1.29 is 14.3 Å². The van der Waals surface area contributed by atoms with Crippen LogP contribution in [-0.4, -0.2) is 43.1 Å². The number of methoxy groups -OCH3 is 2. The Kier molecular flexibility index (Phi) is 5.27. The van der Waals surface area contributed by atoms with E-state index in [4.69, 9.17) is 9.47 Å². The van der Waals surface area contributed by atoms with E-state index >= 15 is 0 Å². The van der Waals surface area contributed by atoms with E-state index in [0.717, 1.165) is 52.2 Å². The highest BCUT2D eigenvalue weighted by Gasteiger charge is 2.30. The van der Waals surface area contributed by atoms with Gasteiger partial charge in [-0.2, -0.15) is 0 Å². The smallest absolute Gasteiger partial charge is 0.227 e. The third kappa shape index (κ3) is 3.79. The molecule has 0 spiro atoms. The number of nitrogens with zero attached hydrogens (tertiary/aromatic N) is 2. The van der Waals surface area contributed by atoms with Crippen molar-refractivity contribution in [3.8, 4) is 11.5 Å². The molecule has 3 rings (SSSR count). The number of likely N-dealkylation sites (tertiary alicyclic amines) is 1. The fraction of sp³-hybridized carbons (Fsp3) is 0.474. The molecule has 2 heterocycles. The molecule has 0 aliphatic carbocycles. The SMILES string of the molecule is COc1ccc(OC)c([C@H]2CCN(C(=O)Cc3sc(C)nc3C)C2)c1. The fourth-order valence-electron chi connectivity index (χ4n) is 3.39. The summed E-state index contributed by atoms with van der Waals surface area (Å²) in [6, 6.07) is 5.85. The molecule has 1 aromatic heterocycles. The second kappa shape index (κ2) is 7.44. The normalized spacial score (nSPS) is 17.0. The summed E-state index contributed by atoms with van der Waals surface area (Å²) in [7, 11) is 3.34. The Bertz CT molecular complexity index is 772. The number of thiazole rings is 1. The molecule has 134 valence electrons. The monoisotopic (exact) mass is 360 g/mol. The van der Waals surface area contributed by atoms with Gasteiger partial charge in [0.1, 0.15) is 11.5 Å². The lowest BCUT2D eigenvalue weighted by Crippen LogP contribution is -2.29. The van der Waals surface area contributed by atoms with Gasteiger partial charge in [-0.05, 0) is 38.5 Å². The largest absolute Gasteiger partial charge is 0.497 e. The van der Waals surface area contributed by atoms with Crippen LogP contribution in [0.1, 0.15) is 33.5 Å². The van der Waals surface area contributed by atoms with Crippen molar-refractivity contribution in [3.05, 3.63) is 39.3 Å². The third-order valence-corrected chi connectivity index (χ3v) is 5.80. The predicted octanol–water partition coefficient (Wildman–Crippen LogP) is 3.34. The average Bonchev–Trinajstić information content (AvgIpc) is 3.21. The Morgan fingerprint density at radius 3 is 2.76 bits per heavy atom. The molecule has 1 aliphatic heterocycles. The van der Waals surface area contributed by atoms with Crippen LogP contribution in [0.15, 0.2) is 18.2 Å². The lowest BCUT2D eigenvalue weighted by molar-refractivity contribution is -0.129. The third-order valence-electron chi connectivity index (χ3n) is 4.73. The summed E-state index contributed by atoms with van der Waals surface area (Å²) >= 11 is 1.61. The van der Waals surface area contributed by atoms with Gasteiger partial charge in [0, 0.05) is 29.4 Å². The minimum absolute atomic E-state index is 0.177. The number of carbonyl (C=O) groups is 1. The first-order valence-corrected chi connectivity index (χ1v) is 9.26. The van der Waals surface area contributed by atoms with Crippen molar-refractivity contribution in [3.63, 3.8) is 0 Å². The summed E-state index contributed by atoms with van der Waals surface area (Å²) in [5, 5.41) is 1.01. The van der Waals surface area contributed by atoms with Gasteiger partial charge in [0.15, 0.2) is 0 Å². The number of aryl methyl sites for hydroxylation is 2. The van der Waals surface area contributed by atoms with Crippen LogP contribution in [0.25, 0.3) is 0 Å². The van der Waals surface area contributed by atoms with Crippen LogP contribution >= 0.6 is 11.3 Å². The molecule has 1 fully saturated rings. The Balaban J connectivity index is 1.71. The van der Waals surface area contributed by atoms with Gasteiger partial charge in [-0.1, -0.05) is 0 Å². The lowest BCUT2D eigenvalue weighted by Gasteiger charge is -2.18. The van der Waals surface area contributed by atoms with Crippen LogP contribution in [0, 0.1) is 13.8 Å². The van der Waals surface area contributed by atoms with Crippen molar-refractivity contribution in [1.29, 1.82) is 0 Å². The van der Waals surface area contributed by atoms with E-state index in [1.165, 1.54) is 0 Å². The predicted molar refractivity (Wildman–Crippen MR) is 98.8 cm³/mol. The summed E-state index contributed by atoms with van der Waals surface area (Å²) in [6.45, 7) is 5.45. The first-order chi connectivity index (χ1) is 12.0. The Hall–Kier alpha value is -2.08. The Morgan fingerprint density at radius 2 is 2.12 bits per heavy atom. The minimum atomic E-state index is 0.177. The van der Waals surface area contributed by atoms with Crippen molar-refractivity contribution in [1.82, 2.24) is 9.88 Å². The highest BCUT2D eigenvalue weighted by molar-refractivity contribution is 7.11. The van der Waals surface area contributed by atoms with Crippen LogP contribution < -0.4 is 9.47 Å². The maximum Gasteiger partial charge on any atom is 0.227 e. The van der Waals surface area contributed by atoms with Crippen molar-refractivity contribution in [2.24, 2.45) is 0 Å². The summed E-state index contributed by atoms with van der Waals surface area (Å²) in [5.41, 5.74) is 2.09. The number of hydrogen-bond donors (Lipinski definition) is 0. The van der Waals surface area contributed by atoms with Crippen molar-refractivity contribution in [2.75, 3.05) is 27.3 Å². The van der Waals surface area contributed by atoms with E-state index in [9.17, 15) is 4.79 Å². The fourth-order valence-corrected chi connectivity index (χ4v) is 4.31. The van der Waals surface area contributed by atoms with Crippen molar-refractivity contribution in [2.45, 2.75) is 32.6 Å². The molecule has 2 aromatic rings. The van der Waals surface area contributed by atoms with E-state index in [0.29, 0.717) is 6.42 Å². The number of benzene rings is 1. The summed E-state index contributed by atoms with van der Waals surface area (Å²) in [6.07, 6.45) is 1.38. The van der Waals surface area contributed by atoms with Gasteiger partial charge in [-0.15, -0.1) is 11.3 Å². The maximum atomic E-state index is 12.7. The van der Waals surface area contributed by atoms with Gasteiger partial charge in [-0.25, -0.2) is 4.98 Å². The topological polar surface area (TPSA) is 51.7 Å². The molecule has 0 saturated carbocycles. The van der Waals surface area contributed by atoms with E-state index < -0.39 is 0 Å². The van der Waals surface area contributed by atoms with Gasteiger partial charge in [-0.3, -0.25) is 4.79 Å². The van der Waals surface area contributed by atoms with Gasteiger partial charge in [0.25, 0.3) is 0 Å². The average molecular weight is 360 g/mol. The number of amides is 1. The van der Waals surface area contributed by atoms with E-state index in [1.54, 1.807) is 25.6 Å². The quantitative estimate of drug-likeness (QED) is 0.821. The zero-order valence-corrected chi connectivity index (χ0v) is 16.0. The second-order valence-electron chi connectivity index (χ2n) is 6.35. The zero-order chi connectivity index (χ0) is 18.0. The molecule has 1 aliphatic rings. The molecule has 5 nitrogen and oxygen atoms in total. The first kappa shape index (κ1) is 17.7. The molecule has 6 heteroatoms. The number of ether oxygens (including phenoxy) is 2. The molecule has 1 saturated heterocycles. The molecule has 0 unspecified atom stereocenters. The first-order valence-electron chi connectivity index (χ1n) is 8.44. The van der Waals surface area contributed by atoms with Crippen molar-refractivity contribution >= 4 is 17.2 Å². The second-order valence-corrected chi connectivity index (χ2v) is 7.64. The van der Waals surface area contributed by atoms with E-state index in [1.807, 2.05) is 36.9 Å². The van der Waals surface area contributed by atoms with Gasteiger partial charge in [0.2, 0.25) is 5.91 Å². The van der Waals surface area contributed by atoms with Gasteiger partial charge in [0.05, 0.1) is 31.3 Å². The summed E-state index contributed by atoms with van der Waals surface area (Å²) in [4.78, 5) is 20.1. The van der Waals surface area contributed by atoms with Crippen LogP contribution in [0.5, 0.6) is 11.5 Å². The molecule has 1 amide bonds. The summed E-state index contributed by atoms with van der Waals surface area (Å²) < 4.78 is 10.8. The van der Waals surface area contributed by atoms with E-state index in [2.05, 4.69) is 4.98 Å². The highest BCUT2D eigenvalue weighted by Crippen LogP contribution is 2.36. The van der Waals surface area contributed by atoms with Crippen LogP contribution in [0.3, 0.4) is 0 Å². The molecular formula is C19H24N2O3S. The number of aromatic nitrogens is 1. The number of rotatable bonds is 5. The van der Waals surface area contributed by atoms with Crippen LogP contribution in [-0.2, 0) is 11.2 Å². The molecule has 1 aromatic carbocycles. The summed E-state index contributed by atoms with van der Waals surface area (Å²) in [5.74, 6) is 2.12. The Labute approximate surface area is 152 Å². The number of carbonyl (C=O) groups excluding carboxylic acids is 1. The van der Waals surface area contributed by atoms with Gasteiger partial charge >= 0.3 is 0 Å². The van der Waals surface area contributed by atoms with Gasteiger partial charge < -0.3 is 14.4 Å². The molecular weight excluding hydrogens is 336 g/mol. The minimum Gasteiger partial charge on any atom is -0.497 e. The number of hydrogen-bond acceptors (Lipinski definition) is 5. The Morgan fingerprint density at radius 1 is 1.32 bits per heavy atom. The van der Waals surface area contributed by atoms with Crippen LogP contribution in [0.2, 0.25) is 0 Å².